The number of rotatable bonds is 43. The van der Waals surface area contributed by atoms with Crippen LogP contribution in [0.1, 0.15) is 245 Å². The highest BCUT2D eigenvalue weighted by molar-refractivity contribution is 5.69. The quantitative estimate of drug-likeness (QED) is 0.0496. The summed E-state index contributed by atoms with van der Waals surface area (Å²) in [6.45, 7) is 10.3. The summed E-state index contributed by atoms with van der Waals surface area (Å²) in [5.74, 6) is -0.0153. The van der Waals surface area contributed by atoms with Gasteiger partial charge in [0, 0.05) is 19.4 Å². The molecule has 0 spiro atoms. The first-order valence-electron chi connectivity index (χ1n) is 23.3. The van der Waals surface area contributed by atoms with Crippen LogP contribution in [0.2, 0.25) is 0 Å². The van der Waals surface area contributed by atoms with E-state index < -0.39 is 0 Å². The van der Waals surface area contributed by atoms with Crippen LogP contribution in [-0.4, -0.2) is 60.9 Å². The van der Waals surface area contributed by atoms with E-state index in [9.17, 15) is 14.7 Å². The highest BCUT2D eigenvalue weighted by atomic mass is 16.5. The third-order valence-electron chi connectivity index (χ3n) is 10.7. The molecule has 6 heteroatoms. The molecular formula is C46H91NO5. The number of ether oxygens (including phenoxy) is 2. The van der Waals surface area contributed by atoms with Crippen LogP contribution in [0, 0.1) is 0 Å². The van der Waals surface area contributed by atoms with Gasteiger partial charge < -0.3 is 19.5 Å². The molecule has 52 heavy (non-hydrogen) atoms. The fourth-order valence-electron chi connectivity index (χ4n) is 7.23. The third-order valence-corrected chi connectivity index (χ3v) is 10.7. The molecule has 0 rings (SSSR count). The molecule has 6 nitrogen and oxygen atoms in total. The minimum atomic E-state index is -0.0279. The number of aliphatic hydroxyl groups is 1. The van der Waals surface area contributed by atoms with Crippen LogP contribution < -0.4 is 0 Å². The van der Waals surface area contributed by atoms with E-state index in [1.807, 2.05) is 0 Å². The average molecular weight is 738 g/mol. The summed E-state index contributed by atoms with van der Waals surface area (Å²) >= 11 is 0. The second-order valence-corrected chi connectivity index (χ2v) is 15.9. The maximum Gasteiger partial charge on any atom is 0.306 e. The van der Waals surface area contributed by atoms with Crippen LogP contribution in [0.4, 0.5) is 0 Å². The van der Waals surface area contributed by atoms with Gasteiger partial charge in [-0.25, -0.2) is 0 Å². The van der Waals surface area contributed by atoms with Crippen molar-refractivity contribution in [1.82, 2.24) is 4.90 Å². The van der Waals surface area contributed by atoms with Crippen LogP contribution in [0.15, 0.2) is 0 Å². The van der Waals surface area contributed by atoms with E-state index in [0.29, 0.717) is 19.4 Å². The van der Waals surface area contributed by atoms with E-state index in [1.54, 1.807) is 0 Å². The first-order chi connectivity index (χ1) is 25.6. The maximum atomic E-state index is 12.7. The van der Waals surface area contributed by atoms with Crippen molar-refractivity contribution in [3.63, 3.8) is 0 Å². The van der Waals surface area contributed by atoms with Gasteiger partial charge in [-0.05, 0) is 70.9 Å². The molecule has 0 aliphatic carbocycles. The van der Waals surface area contributed by atoms with E-state index in [2.05, 4.69) is 25.7 Å². The summed E-state index contributed by atoms with van der Waals surface area (Å²) in [6, 6.07) is 0. The fraction of sp³-hybridized carbons (Fsp3) is 0.957. The Morgan fingerprint density at radius 1 is 0.442 bits per heavy atom. The average Bonchev–Trinajstić information content (AvgIpc) is 3.14. The molecule has 0 heterocycles. The lowest BCUT2D eigenvalue weighted by Crippen LogP contribution is -2.29. The van der Waals surface area contributed by atoms with Gasteiger partial charge in [0.2, 0.25) is 0 Å². The Kier molecular flexibility index (Phi) is 41.7. The number of carbonyl (C=O) groups excluding carboxylic acids is 2. The Balaban J connectivity index is 3.91. The lowest BCUT2D eigenvalue weighted by atomic mass is 10.0. The molecule has 310 valence electrons. The second kappa shape index (κ2) is 42.6. The molecule has 0 unspecified atom stereocenters. The lowest BCUT2D eigenvalue weighted by Gasteiger charge is -2.21. The van der Waals surface area contributed by atoms with Gasteiger partial charge in [-0.2, -0.15) is 0 Å². The molecular weight excluding hydrogens is 647 g/mol. The summed E-state index contributed by atoms with van der Waals surface area (Å²) in [7, 11) is 0. The zero-order valence-electron chi connectivity index (χ0n) is 35.4. The molecule has 1 N–H and O–H groups in total. The normalized spacial score (nSPS) is 11.6. The van der Waals surface area contributed by atoms with Crippen molar-refractivity contribution in [2.24, 2.45) is 0 Å². The van der Waals surface area contributed by atoms with Crippen LogP contribution in [0.5, 0.6) is 0 Å². The summed E-state index contributed by atoms with van der Waals surface area (Å²) < 4.78 is 11.5. The molecule has 0 aromatic carbocycles. The van der Waals surface area contributed by atoms with Crippen molar-refractivity contribution in [3.8, 4) is 0 Å². The van der Waals surface area contributed by atoms with Crippen molar-refractivity contribution in [2.45, 2.75) is 252 Å². The maximum absolute atomic E-state index is 12.7. The largest absolute Gasteiger partial charge is 0.466 e. The SMILES string of the molecule is CCCCCCCCCCCCC(=O)OCCCCCCN(CCO)CCCCCCCC(=O)OC(CCCCCCCC)CCCCCCCC. The van der Waals surface area contributed by atoms with E-state index >= 15 is 0 Å². The number of nitrogens with zero attached hydrogens (tertiary/aromatic N) is 1. The molecule has 0 aliphatic rings. The van der Waals surface area contributed by atoms with Crippen molar-refractivity contribution in [1.29, 1.82) is 0 Å². The van der Waals surface area contributed by atoms with Crippen molar-refractivity contribution in [3.05, 3.63) is 0 Å². The first kappa shape index (κ1) is 50.9. The van der Waals surface area contributed by atoms with E-state index in [-0.39, 0.29) is 24.6 Å². The van der Waals surface area contributed by atoms with E-state index in [4.69, 9.17) is 9.47 Å². The van der Waals surface area contributed by atoms with Gasteiger partial charge in [0.05, 0.1) is 13.2 Å². The predicted molar refractivity (Wildman–Crippen MR) is 223 cm³/mol. The van der Waals surface area contributed by atoms with Gasteiger partial charge in [-0.1, -0.05) is 175 Å². The van der Waals surface area contributed by atoms with Crippen LogP contribution >= 0.6 is 0 Å². The highest BCUT2D eigenvalue weighted by Crippen LogP contribution is 2.19. The molecule has 0 atom stereocenters. The molecule has 0 fully saturated rings. The van der Waals surface area contributed by atoms with Gasteiger partial charge >= 0.3 is 11.9 Å². The fourth-order valence-corrected chi connectivity index (χ4v) is 7.23. The number of carbonyl (C=O) groups is 2. The van der Waals surface area contributed by atoms with Crippen LogP contribution in [0.3, 0.4) is 0 Å². The second-order valence-electron chi connectivity index (χ2n) is 15.9. The predicted octanol–water partition coefficient (Wildman–Crippen LogP) is 13.4. The van der Waals surface area contributed by atoms with Gasteiger partial charge in [0.15, 0.2) is 0 Å². The number of aliphatic hydroxyl groups excluding tert-OH is 1. The van der Waals surface area contributed by atoms with E-state index in [1.165, 1.54) is 135 Å². The Hall–Kier alpha value is -1.14. The smallest absolute Gasteiger partial charge is 0.306 e. The molecule has 0 bridgehead atoms. The zero-order valence-corrected chi connectivity index (χ0v) is 35.4. The molecule has 0 saturated carbocycles. The van der Waals surface area contributed by atoms with Crippen LogP contribution in [0.25, 0.3) is 0 Å². The standard InChI is InChI=1S/C46H91NO5/c1-4-7-10-13-16-17-18-19-23-30-37-45(49)51-43-34-27-26-33-40-47(41-42-48)39-32-25-20-24-31-38-46(50)52-44(35-28-21-14-11-8-5-2)36-29-22-15-12-9-6-3/h44,48H,4-43H2,1-3H3. The van der Waals surface area contributed by atoms with Gasteiger partial charge in [-0.15, -0.1) is 0 Å². The molecule has 0 saturated heterocycles. The lowest BCUT2D eigenvalue weighted by molar-refractivity contribution is -0.150. The van der Waals surface area contributed by atoms with Crippen molar-refractivity contribution >= 4 is 11.9 Å². The summed E-state index contributed by atoms with van der Waals surface area (Å²) in [6.07, 6.45) is 41.2. The third kappa shape index (κ3) is 38.6. The Morgan fingerprint density at radius 2 is 0.808 bits per heavy atom. The molecule has 0 aromatic rings. The summed E-state index contributed by atoms with van der Waals surface area (Å²) in [4.78, 5) is 27.1. The minimum absolute atomic E-state index is 0.0126. The van der Waals surface area contributed by atoms with Crippen molar-refractivity contribution in [2.75, 3.05) is 32.8 Å². The topological polar surface area (TPSA) is 76.1 Å². The highest BCUT2D eigenvalue weighted by Gasteiger charge is 2.14. The van der Waals surface area contributed by atoms with Gasteiger partial charge in [-0.3, -0.25) is 9.59 Å². The number of esters is 2. The summed E-state index contributed by atoms with van der Waals surface area (Å²) in [5.41, 5.74) is 0. The molecule has 0 aromatic heterocycles. The van der Waals surface area contributed by atoms with Crippen molar-refractivity contribution < 1.29 is 24.2 Å². The Morgan fingerprint density at radius 3 is 1.25 bits per heavy atom. The molecule has 0 radical (unpaired) electrons. The number of unbranched alkanes of at least 4 members (excludes halogenated alkanes) is 26. The Bertz CT molecular complexity index is 716. The minimum Gasteiger partial charge on any atom is -0.466 e. The molecule has 0 amide bonds. The van der Waals surface area contributed by atoms with Gasteiger partial charge in [0.25, 0.3) is 0 Å². The number of hydrogen-bond acceptors (Lipinski definition) is 6. The first-order valence-corrected chi connectivity index (χ1v) is 23.3. The summed E-state index contributed by atoms with van der Waals surface area (Å²) in [5, 5.41) is 9.55. The number of hydrogen-bond donors (Lipinski definition) is 1. The van der Waals surface area contributed by atoms with Gasteiger partial charge in [0.1, 0.15) is 6.10 Å². The van der Waals surface area contributed by atoms with Crippen LogP contribution in [-0.2, 0) is 19.1 Å². The monoisotopic (exact) mass is 738 g/mol. The Labute approximate surface area is 324 Å². The zero-order chi connectivity index (χ0) is 38.0. The van der Waals surface area contributed by atoms with E-state index in [0.717, 1.165) is 96.7 Å². The molecule has 0 aliphatic heterocycles.